The topological polar surface area (TPSA) is 53.6 Å². The third kappa shape index (κ3) is 6.08. The second-order valence-electron chi connectivity index (χ2n) is 10.2. The highest BCUT2D eigenvalue weighted by Crippen LogP contribution is 2.41. The lowest BCUT2D eigenvalue weighted by molar-refractivity contribution is 0.0483. The Morgan fingerprint density at radius 2 is 1.94 bits per heavy atom. The fourth-order valence-corrected chi connectivity index (χ4v) is 5.56. The lowest BCUT2D eigenvalue weighted by Crippen LogP contribution is -2.43. The molecule has 2 aliphatic rings. The maximum absolute atomic E-state index is 5.56. The van der Waals surface area contributed by atoms with Gasteiger partial charge in [0.05, 0.1) is 29.5 Å². The van der Waals surface area contributed by atoms with E-state index >= 15 is 0 Å². The summed E-state index contributed by atoms with van der Waals surface area (Å²) in [5, 5.41) is 10.1. The number of hydrogen-bond donors (Lipinski definition) is 1. The van der Waals surface area contributed by atoms with Crippen molar-refractivity contribution in [2.75, 3.05) is 59.7 Å². The maximum atomic E-state index is 5.56. The molecular formula is C29H36N4O2S. The van der Waals surface area contributed by atoms with Gasteiger partial charge in [0.15, 0.2) is 0 Å². The van der Waals surface area contributed by atoms with Crippen molar-refractivity contribution in [2.24, 2.45) is 5.92 Å². The number of hydrogen-bond acceptors (Lipinski definition) is 6. The van der Waals surface area contributed by atoms with Gasteiger partial charge in [0.1, 0.15) is 6.61 Å². The minimum atomic E-state index is 0.418. The molecule has 6 nitrogen and oxygen atoms in total. The first kappa shape index (κ1) is 25.2. The molecule has 0 spiro atoms. The van der Waals surface area contributed by atoms with Crippen molar-refractivity contribution in [3.8, 4) is 34.4 Å². The molecule has 5 rings (SSSR count). The largest absolute Gasteiger partial charge is 0.379 e. The standard InChI is InChI=1S/C29H36N4O2S/c1-21(2)19-35-14-13-34-12-4-5-25-16-24(20-36-25)28-27-17-23-15-22(6-7-26(23)29(27)31-30-28)18-33-10-8-32(3)9-11-33/h6-7,15-16,20-21H,8-14,17-19H2,1-3H3,(H,30,31). The maximum Gasteiger partial charge on any atom is 0.108 e. The van der Waals surface area contributed by atoms with Gasteiger partial charge in [-0.3, -0.25) is 10.00 Å². The number of fused-ring (bicyclic) bond motifs is 3. The second-order valence-corrected chi connectivity index (χ2v) is 11.1. The van der Waals surface area contributed by atoms with Crippen LogP contribution in [0.25, 0.3) is 22.5 Å². The van der Waals surface area contributed by atoms with Crippen molar-refractivity contribution < 1.29 is 9.47 Å². The molecule has 0 atom stereocenters. The summed E-state index contributed by atoms with van der Waals surface area (Å²) in [4.78, 5) is 6.00. The number of ether oxygens (including phenoxy) is 2. The van der Waals surface area contributed by atoms with Crippen LogP contribution < -0.4 is 0 Å². The highest BCUT2D eigenvalue weighted by molar-refractivity contribution is 7.11. The van der Waals surface area contributed by atoms with Crippen molar-refractivity contribution in [2.45, 2.75) is 26.8 Å². The Morgan fingerprint density at radius 3 is 2.78 bits per heavy atom. The molecule has 3 heterocycles. The molecule has 3 aromatic rings. The molecule has 1 fully saturated rings. The molecule has 1 saturated heterocycles. The zero-order chi connectivity index (χ0) is 24.9. The number of piperazine rings is 1. The summed E-state index contributed by atoms with van der Waals surface area (Å²) in [5.74, 6) is 6.89. The third-order valence-corrected chi connectivity index (χ3v) is 7.60. The first-order chi connectivity index (χ1) is 17.6. The number of likely N-dealkylation sites (N-methyl/N-ethyl adjacent to an activating group) is 1. The van der Waals surface area contributed by atoms with E-state index in [1.165, 1.54) is 22.3 Å². The predicted octanol–water partition coefficient (Wildman–Crippen LogP) is 4.50. The van der Waals surface area contributed by atoms with E-state index in [2.05, 4.69) is 82.4 Å². The summed E-state index contributed by atoms with van der Waals surface area (Å²) >= 11 is 1.66. The number of thiophene rings is 1. The lowest BCUT2D eigenvalue weighted by Gasteiger charge is -2.32. The van der Waals surface area contributed by atoms with Gasteiger partial charge in [-0.15, -0.1) is 11.3 Å². The molecule has 0 unspecified atom stereocenters. The average molecular weight is 505 g/mol. The highest BCUT2D eigenvalue weighted by Gasteiger charge is 2.26. The number of nitrogens with one attached hydrogen (secondary N) is 1. The lowest BCUT2D eigenvalue weighted by atomic mass is 10.0. The third-order valence-electron chi connectivity index (χ3n) is 6.76. The summed E-state index contributed by atoms with van der Waals surface area (Å²) in [6.45, 7) is 12.3. The summed E-state index contributed by atoms with van der Waals surface area (Å²) in [6, 6.07) is 9.09. The van der Waals surface area contributed by atoms with Crippen LogP contribution in [0.3, 0.4) is 0 Å². The van der Waals surface area contributed by atoms with Crippen LogP contribution in [-0.2, 0) is 22.4 Å². The second kappa shape index (κ2) is 11.7. The molecule has 1 aromatic carbocycles. The Bertz CT molecular complexity index is 1230. The molecule has 36 heavy (non-hydrogen) atoms. The van der Waals surface area contributed by atoms with Crippen molar-refractivity contribution in [1.29, 1.82) is 0 Å². The van der Waals surface area contributed by atoms with E-state index in [1.54, 1.807) is 11.3 Å². The van der Waals surface area contributed by atoms with Crippen molar-refractivity contribution >= 4 is 11.3 Å². The van der Waals surface area contributed by atoms with Crippen molar-refractivity contribution in [1.82, 2.24) is 20.0 Å². The van der Waals surface area contributed by atoms with E-state index in [9.17, 15) is 0 Å². The summed E-state index contributed by atoms with van der Waals surface area (Å²) in [5.41, 5.74) is 8.73. The van der Waals surface area contributed by atoms with Gasteiger partial charge in [0, 0.05) is 67.8 Å². The summed E-state index contributed by atoms with van der Waals surface area (Å²) < 4.78 is 11.1. The molecular weight excluding hydrogens is 468 g/mol. The fourth-order valence-electron chi connectivity index (χ4n) is 4.80. The first-order valence-corrected chi connectivity index (χ1v) is 13.8. The Labute approximate surface area is 218 Å². The van der Waals surface area contributed by atoms with Gasteiger partial charge in [0.2, 0.25) is 0 Å². The van der Waals surface area contributed by atoms with Gasteiger partial charge in [-0.05, 0) is 30.2 Å². The monoisotopic (exact) mass is 504 g/mol. The number of H-pyrrole nitrogens is 1. The van der Waals surface area contributed by atoms with E-state index in [0.717, 1.165) is 67.6 Å². The number of rotatable bonds is 9. The molecule has 1 aliphatic heterocycles. The van der Waals surface area contributed by atoms with Crippen LogP contribution in [0.4, 0.5) is 0 Å². The van der Waals surface area contributed by atoms with Crippen molar-refractivity contribution in [3.05, 3.63) is 51.2 Å². The average Bonchev–Trinajstić information content (AvgIpc) is 3.57. The SMILES string of the molecule is CC(C)COCCOCC#Cc1cc(-c2n[nH]c3c2Cc2cc(CN4CCN(C)CC4)ccc2-3)cs1. The van der Waals surface area contributed by atoms with Gasteiger partial charge in [0.25, 0.3) is 0 Å². The molecule has 2 aromatic heterocycles. The molecule has 0 amide bonds. The van der Waals surface area contributed by atoms with Crippen LogP contribution in [0.2, 0.25) is 0 Å². The van der Waals surface area contributed by atoms with E-state index in [0.29, 0.717) is 25.7 Å². The number of benzene rings is 1. The first-order valence-electron chi connectivity index (χ1n) is 12.9. The summed E-state index contributed by atoms with van der Waals surface area (Å²) in [6.07, 6.45) is 0.927. The smallest absolute Gasteiger partial charge is 0.108 e. The molecule has 0 radical (unpaired) electrons. The minimum absolute atomic E-state index is 0.418. The molecule has 190 valence electrons. The Balaban J connectivity index is 1.17. The molecule has 0 bridgehead atoms. The van der Waals surface area contributed by atoms with E-state index < -0.39 is 0 Å². The molecule has 1 aliphatic carbocycles. The predicted molar refractivity (Wildman–Crippen MR) is 146 cm³/mol. The van der Waals surface area contributed by atoms with E-state index in [-0.39, 0.29) is 0 Å². The van der Waals surface area contributed by atoms with E-state index in [1.807, 2.05) is 0 Å². The van der Waals surface area contributed by atoms with Crippen LogP contribution in [-0.4, -0.2) is 79.7 Å². The highest BCUT2D eigenvalue weighted by atomic mass is 32.1. The van der Waals surface area contributed by atoms with Gasteiger partial charge >= 0.3 is 0 Å². The Morgan fingerprint density at radius 1 is 1.11 bits per heavy atom. The summed E-state index contributed by atoms with van der Waals surface area (Å²) in [7, 11) is 2.20. The normalized spacial score (nSPS) is 15.7. The zero-order valence-electron chi connectivity index (χ0n) is 21.6. The fraction of sp³-hybridized carbons (Fsp3) is 0.483. The number of aromatic amines is 1. The zero-order valence-corrected chi connectivity index (χ0v) is 22.4. The quantitative estimate of drug-likeness (QED) is 0.269. The molecule has 0 saturated carbocycles. The minimum Gasteiger partial charge on any atom is -0.379 e. The number of aromatic nitrogens is 2. The van der Waals surface area contributed by atoms with Gasteiger partial charge in [-0.2, -0.15) is 5.10 Å². The van der Waals surface area contributed by atoms with Crippen molar-refractivity contribution in [3.63, 3.8) is 0 Å². The Kier molecular flexibility index (Phi) is 8.20. The van der Waals surface area contributed by atoms with Gasteiger partial charge < -0.3 is 14.4 Å². The van der Waals surface area contributed by atoms with Crippen LogP contribution >= 0.6 is 11.3 Å². The van der Waals surface area contributed by atoms with Crippen LogP contribution in [0.15, 0.2) is 29.6 Å². The van der Waals surface area contributed by atoms with E-state index in [4.69, 9.17) is 9.47 Å². The van der Waals surface area contributed by atoms with Gasteiger partial charge in [-0.25, -0.2) is 0 Å². The number of nitrogens with zero attached hydrogens (tertiary/aromatic N) is 3. The molecule has 1 N–H and O–H groups in total. The van der Waals surface area contributed by atoms with Crippen LogP contribution in [0.5, 0.6) is 0 Å². The van der Waals surface area contributed by atoms with Crippen LogP contribution in [0, 0.1) is 17.8 Å². The Hall–Kier alpha value is -2.47. The van der Waals surface area contributed by atoms with Crippen LogP contribution in [0.1, 0.15) is 35.4 Å². The van der Waals surface area contributed by atoms with Gasteiger partial charge in [-0.1, -0.05) is 43.9 Å². The molecule has 7 heteroatoms.